The van der Waals surface area contributed by atoms with Crippen LogP contribution < -0.4 is 4.72 Å². The van der Waals surface area contributed by atoms with E-state index in [9.17, 15) is 13.2 Å². The second-order valence-electron chi connectivity index (χ2n) is 4.63. The summed E-state index contributed by atoms with van der Waals surface area (Å²) in [7, 11) is -2.60. The second kappa shape index (κ2) is 8.11. The van der Waals surface area contributed by atoms with Crippen LogP contribution in [0.4, 0.5) is 0 Å². The maximum atomic E-state index is 12.3. The number of aliphatic hydroxyl groups is 1. The molecule has 118 valence electrons. The Bertz CT molecular complexity index is 570. The summed E-state index contributed by atoms with van der Waals surface area (Å²) in [6.45, 7) is 2.16. The van der Waals surface area contributed by atoms with Gasteiger partial charge >= 0.3 is 5.97 Å². The van der Waals surface area contributed by atoms with E-state index in [0.717, 1.165) is 6.42 Å². The molecule has 1 rings (SSSR count). The average Bonchev–Trinajstić information content (AvgIpc) is 2.50. The normalized spacial score (nSPS) is 12.9. The zero-order chi connectivity index (χ0) is 15.9. The Morgan fingerprint density at radius 1 is 1.38 bits per heavy atom. The van der Waals surface area contributed by atoms with Crippen molar-refractivity contribution in [3.05, 3.63) is 29.8 Å². The molecule has 0 aromatic heterocycles. The molecule has 1 aromatic rings. The van der Waals surface area contributed by atoms with E-state index in [1.54, 1.807) is 12.1 Å². The summed E-state index contributed by atoms with van der Waals surface area (Å²) >= 11 is 0. The highest BCUT2D eigenvalue weighted by molar-refractivity contribution is 7.89. The number of rotatable bonds is 8. The van der Waals surface area contributed by atoms with Crippen LogP contribution in [0.3, 0.4) is 0 Å². The first-order chi connectivity index (χ1) is 9.96. The monoisotopic (exact) mass is 315 g/mol. The van der Waals surface area contributed by atoms with Crippen molar-refractivity contribution in [1.82, 2.24) is 4.72 Å². The van der Waals surface area contributed by atoms with Crippen LogP contribution >= 0.6 is 0 Å². The van der Waals surface area contributed by atoms with E-state index in [-0.39, 0.29) is 29.5 Å². The van der Waals surface area contributed by atoms with E-state index in [2.05, 4.69) is 9.46 Å². The minimum Gasteiger partial charge on any atom is -0.465 e. The molecule has 2 N–H and O–H groups in total. The van der Waals surface area contributed by atoms with Gasteiger partial charge in [0.2, 0.25) is 10.0 Å². The molecule has 0 heterocycles. The molecule has 1 atom stereocenters. The molecule has 0 aliphatic rings. The smallest absolute Gasteiger partial charge is 0.339 e. The molecule has 0 spiro atoms. The van der Waals surface area contributed by atoms with Crippen LogP contribution in [0.1, 0.15) is 30.1 Å². The van der Waals surface area contributed by atoms with Gasteiger partial charge in [-0.25, -0.2) is 17.9 Å². The highest BCUT2D eigenvalue weighted by Crippen LogP contribution is 2.17. The zero-order valence-corrected chi connectivity index (χ0v) is 13.0. The standard InChI is InChI=1S/C14H21NO5S/c1-3-11(8-9-16)10-15-21(18,19)13-7-5-4-6-12(13)14(17)20-2/h4-7,11,15-16H,3,8-10H2,1-2H3. The fraction of sp³-hybridized carbons (Fsp3) is 0.500. The number of hydrogen-bond acceptors (Lipinski definition) is 5. The summed E-state index contributed by atoms with van der Waals surface area (Å²) in [6.07, 6.45) is 1.28. The number of benzene rings is 1. The largest absolute Gasteiger partial charge is 0.465 e. The van der Waals surface area contributed by atoms with Crippen molar-refractivity contribution in [2.24, 2.45) is 5.92 Å². The number of aliphatic hydroxyl groups excluding tert-OH is 1. The van der Waals surface area contributed by atoms with Gasteiger partial charge in [-0.15, -0.1) is 0 Å². The summed E-state index contributed by atoms with van der Waals surface area (Å²) in [4.78, 5) is 11.5. The summed E-state index contributed by atoms with van der Waals surface area (Å²) in [5.41, 5.74) is 0.00251. The van der Waals surface area contributed by atoms with Crippen molar-refractivity contribution < 1.29 is 23.1 Å². The minimum atomic E-state index is -3.80. The molecule has 7 heteroatoms. The number of carbonyl (C=O) groups excluding carboxylic acids is 1. The van der Waals surface area contributed by atoms with Gasteiger partial charge in [-0.1, -0.05) is 25.5 Å². The molecule has 21 heavy (non-hydrogen) atoms. The minimum absolute atomic E-state index is 0.00251. The molecular formula is C14H21NO5S. The summed E-state index contributed by atoms with van der Waals surface area (Å²) in [5, 5.41) is 8.92. The maximum Gasteiger partial charge on any atom is 0.339 e. The Hall–Kier alpha value is -1.44. The number of esters is 1. The van der Waals surface area contributed by atoms with Gasteiger partial charge < -0.3 is 9.84 Å². The molecular weight excluding hydrogens is 294 g/mol. The molecule has 6 nitrogen and oxygen atoms in total. The highest BCUT2D eigenvalue weighted by atomic mass is 32.2. The number of ether oxygens (including phenoxy) is 1. The lowest BCUT2D eigenvalue weighted by Crippen LogP contribution is -2.30. The average molecular weight is 315 g/mol. The lowest BCUT2D eigenvalue weighted by Gasteiger charge is -2.15. The fourth-order valence-corrected chi connectivity index (χ4v) is 3.23. The Kier molecular flexibility index (Phi) is 6.80. The van der Waals surface area contributed by atoms with Crippen LogP contribution in [0.25, 0.3) is 0 Å². The third kappa shape index (κ3) is 4.80. The van der Waals surface area contributed by atoms with Crippen molar-refractivity contribution in [2.45, 2.75) is 24.7 Å². The van der Waals surface area contributed by atoms with Gasteiger partial charge in [0.05, 0.1) is 17.6 Å². The second-order valence-corrected chi connectivity index (χ2v) is 6.36. The van der Waals surface area contributed by atoms with E-state index in [1.807, 2.05) is 6.92 Å². The molecule has 1 aromatic carbocycles. The van der Waals surface area contributed by atoms with E-state index in [1.165, 1.54) is 19.2 Å². The van der Waals surface area contributed by atoms with Crippen molar-refractivity contribution >= 4 is 16.0 Å². The van der Waals surface area contributed by atoms with Gasteiger partial charge in [0.1, 0.15) is 0 Å². The van der Waals surface area contributed by atoms with E-state index in [0.29, 0.717) is 6.42 Å². The molecule has 1 unspecified atom stereocenters. The van der Waals surface area contributed by atoms with Crippen LogP contribution in [-0.4, -0.2) is 39.8 Å². The quantitative estimate of drug-likeness (QED) is 0.702. The first-order valence-electron chi connectivity index (χ1n) is 6.74. The van der Waals surface area contributed by atoms with Crippen LogP contribution in [0, 0.1) is 5.92 Å². The van der Waals surface area contributed by atoms with Crippen molar-refractivity contribution in [1.29, 1.82) is 0 Å². The fourth-order valence-electron chi connectivity index (χ4n) is 1.92. The lowest BCUT2D eigenvalue weighted by molar-refractivity contribution is 0.0596. The topological polar surface area (TPSA) is 92.7 Å². The van der Waals surface area contributed by atoms with Crippen molar-refractivity contribution in [3.63, 3.8) is 0 Å². The van der Waals surface area contributed by atoms with Crippen molar-refractivity contribution in [3.8, 4) is 0 Å². The summed E-state index contributed by atoms with van der Waals surface area (Å²) < 4.78 is 31.7. The predicted molar refractivity (Wildman–Crippen MR) is 78.5 cm³/mol. The Labute approximate surface area is 125 Å². The SMILES string of the molecule is CCC(CCO)CNS(=O)(=O)c1ccccc1C(=O)OC. The maximum absolute atomic E-state index is 12.3. The van der Waals surface area contributed by atoms with E-state index in [4.69, 9.17) is 5.11 Å². The summed E-state index contributed by atoms with van der Waals surface area (Å²) in [5.74, 6) is -0.645. The third-order valence-electron chi connectivity index (χ3n) is 3.26. The zero-order valence-electron chi connectivity index (χ0n) is 12.2. The highest BCUT2D eigenvalue weighted by Gasteiger charge is 2.23. The van der Waals surface area contributed by atoms with Crippen molar-refractivity contribution in [2.75, 3.05) is 20.3 Å². The third-order valence-corrected chi connectivity index (χ3v) is 4.74. The molecule has 0 saturated heterocycles. The molecule has 0 radical (unpaired) electrons. The number of hydrogen-bond donors (Lipinski definition) is 2. The lowest BCUT2D eigenvalue weighted by atomic mass is 10.0. The predicted octanol–water partition coefficient (Wildman–Crippen LogP) is 1.16. The Morgan fingerprint density at radius 2 is 2.05 bits per heavy atom. The molecule has 0 saturated carbocycles. The Morgan fingerprint density at radius 3 is 2.62 bits per heavy atom. The van der Waals surface area contributed by atoms with Crippen LogP contribution in [0.2, 0.25) is 0 Å². The van der Waals surface area contributed by atoms with Crippen LogP contribution in [0.5, 0.6) is 0 Å². The molecule has 0 aliphatic carbocycles. The number of carbonyl (C=O) groups is 1. The van der Waals surface area contributed by atoms with E-state index < -0.39 is 16.0 Å². The number of methoxy groups -OCH3 is 1. The van der Waals surface area contributed by atoms with Gasteiger partial charge in [0, 0.05) is 13.2 Å². The molecule has 0 aliphatic heterocycles. The molecule has 0 amide bonds. The molecule has 0 bridgehead atoms. The number of nitrogens with one attached hydrogen (secondary N) is 1. The van der Waals surface area contributed by atoms with E-state index >= 15 is 0 Å². The van der Waals surface area contributed by atoms with Gasteiger partial charge in [0.15, 0.2) is 0 Å². The first kappa shape index (κ1) is 17.6. The summed E-state index contributed by atoms with van der Waals surface area (Å²) in [6, 6.07) is 5.89. The number of sulfonamides is 1. The van der Waals surface area contributed by atoms with Gasteiger partial charge in [-0.3, -0.25) is 0 Å². The van der Waals surface area contributed by atoms with Crippen LogP contribution in [-0.2, 0) is 14.8 Å². The van der Waals surface area contributed by atoms with Crippen LogP contribution in [0.15, 0.2) is 29.2 Å². The first-order valence-corrected chi connectivity index (χ1v) is 8.22. The van der Waals surface area contributed by atoms with Gasteiger partial charge in [-0.05, 0) is 24.5 Å². The molecule has 0 fully saturated rings. The van der Waals surface area contributed by atoms with Gasteiger partial charge in [-0.2, -0.15) is 0 Å². The Balaban J connectivity index is 2.95. The van der Waals surface area contributed by atoms with Gasteiger partial charge in [0.25, 0.3) is 0 Å².